The van der Waals surface area contributed by atoms with Gasteiger partial charge < -0.3 is 4.74 Å². The van der Waals surface area contributed by atoms with Crippen LogP contribution in [-0.4, -0.2) is 16.3 Å². The van der Waals surface area contributed by atoms with E-state index in [4.69, 9.17) is 0 Å². The van der Waals surface area contributed by atoms with Crippen molar-refractivity contribution in [1.29, 1.82) is 0 Å². The number of thioether (sulfide) groups is 1. The molecule has 0 radical (unpaired) electrons. The van der Waals surface area contributed by atoms with Crippen molar-refractivity contribution in [3.63, 3.8) is 0 Å². The molecule has 0 amide bonds. The van der Waals surface area contributed by atoms with Gasteiger partial charge in [0.2, 0.25) is 0 Å². The Balaban J connectivity index is 2.94. The zero-order valence-electron chi connectivity index (χ0n) is 6.47. The summed E-state index contributed by atoms with van der Waals surface area (Å²) in [6, 6.07) is 0. The molecule has 0 aliphatic carbocycles. The van der Waals surface area contributed by atoms with Gasteiger partial charge in [0.1, 0.15) is 0 Å². The zero-order chi connectivity index (χ0) is 10.1. The summed E-state index contributed by atoms with van der Waals surface area (Å²) in [6.45, 7) is 6.08. The van der Waals surface area contributed by atoms with Crippen LogP contribution in [0.3, 0.4) is 0 Å². The number of nitrogens with zero attached hydrogens (tertiary/aromatic N) is 1. The molecule has 0 aromatic carbocycles. The number of rotatable bonds is 2. The fourth-order valence-corrected chi connectivity index (χ4v) is 1.47. The molecule has 0 saturated carbocycles. The largest absolute Gasteiger partial charge is 0.442 e. The molecule has 1 aliphatic heterocycles. The molecular weight excluding hydrogens is 203 g/mol. The summed E-state index contributed by atoms with van der Waals surface area (Å²) in [5.41, 5.74) is 0. The predicted molar refractivity (Wildman–Crippen MR) is 45.3 cm³/mol. The maximum absolute atomic E-state index is 13.2. The number of aliphatic imine (C=N–C) groups is 1. The van der Waals surface area contributed by atoms with Crippen LogP contribution >= 0.6 is 11.8 Å². The minimum absolute atomic E-state index is 0.0991. The van der Waals surface area contributed by atoms with Crippen molar-refractivity contribution >= 4 is 17.0 Å². The van der Waals surface area contributed by atoms with Crippen LogP contribution in [0.25, 0.3) is 0 Å². The van der Waals surface area contributed by atoms with Crippen molar-refractivity contribution in [3.8, 4) is 0 Å². The van der Waals surface area contributed by atoms with Gasteiger partial charge in [0.25, 0.3) is 11.0 Å². The monoisotopic (exact) mass is 209 g/mol. The van der Waals surface area contributed by atoms with E-state index >= 15 is 0 Å². The number of hydrogen-bond donors (Lipinski definition) is 0. The fourth-order valence-electron chi connectivity index (χ4n) is 0.688. The Kier molecular flexibility index (Phi) is 2.42. The zero-order valence-corrected chi connectivity index (χ0v) is 7.28. The van der Waals surface area contributed by atoms with E-state index in [9.17, 15) is 13.2 Å². The first-order chi connectivity index (χ1) is 5.95. The van der Waals surface area contributed by atoms with Gasteiger partial charge in [-0.05, 0) is 6.08 Å². The lowest BCUT2D eigenvalue weighted by Gasteiger charge is -2.18. The normalized spacial score (nSPS) is 30.8. The SMILES string of the molecule is C=COC1=NC(F)(C=C)C(F)(F)S1. The maximum Gasteiger partial charge on any atom is 0.359 e. The van der Waals surface area contributed by atoms with E-state index in [1.165, 1.54) is 0 Å². The van der Waals surface area contributed by atoms with E-state index < -0.39 is 16.3 Å². The van der Waals surface area contributed by atoms with Crippen LogP contribution in [0.5, 0.6) is 0 Å². The lowest BCUT2D eigenvalue weighted by molar-refractivity contribution is -0.0236. The van der Waals surface area contributed by atoms with Crippen LogP contribution in [0.4, 0.5) is 13.2 Å². The molecule has 13 heavy (non-hydrogen) atoms. The summed E-state index contributed by atoms with van der Waals surface area (Å²) >= 11 is -0.0991. The Labute approximate surface area is 77.2 Å². The van der Waals surface area contributed by atoms with E-state index in [0.29, 0.717) is 6.08 Å². The van der Waals surface area contributed by atoms with Crippen LogP contribution in [0.1, 0.15) is 0 Å². The number of halogens is 3. The number of ether oxygens (including phenoxy) is 1. The first-order valence-corrected chi connectivity index (χ1v) is 4.03. The summed E-state index contributed by atoms with van der Waals surface area (Å²) in [6.07, 6.45) is 1.34. The highest BCUT2D eigenvalue weighted by atomic mass is 32.2. The Hall–Kier alpha value is -0.910. The van der Waals surface area contributed by atoms with E-state index in [1.807, 2.05) is 0 Å². The van der Waals surface area contributed by atoms with Gasteiger partial charge in [0, 0.05) is 11.8 Å². The van der Waals surface area contributed by atoms with Crippen LogP contribution in [0, 0.1) is 0 Å². The topological polar surface area (TPSA) is 21.6 Å². The minimum atomic E-state index is -3.67. The highest BCUT2D eigenvalue weighted by Crippen LogP contribution is 2.49. The third-order valence-corrected chi connectivity index (χ3v) is 2.24. The molecule has 0 aromatic heterocycles. The molecule has 2 nitrogen and oxygen atoms in total. The Morgan fingerprint density at radius 2 is 2.00 bits per heavy atom. The van der Waals surface area contributed by atoms with E-state index in [1.54, 1.807) is 0 Å². The molecule has 1 aliphatic rings. The number of alkyl halides is 3. The Morgan fingerprint density at radius 1 is 1.38 bits per heavy atom. The molecule has 0 spiro atoms. The molecule has 1 rings (SSSR count). The minimum Gasteiger partial charge on any atom is -0.442 e. The standard InChI is InChI=1S/C7H6F3NOS/c1-3-6(8)7(9,10)13-5(11-6)12-4-2/h3-4H,1-2H2. The van der Waals surface area contributed by atoms with E-state index in [-0.39, 0.29) is 11.8 Å². The molecule has 0 N–H and O–H groups in total. The van der Waals surface area contributed by atoms with Gasteiger partial charge in [-0.15, -0.1) is 0 Å². The number of hydrogen-bond acceptors (Lipinski definition) is 3. The molecule has 0 saturated heterocycles. The third-order valence-electron chi connectivity index (χ3n) is 1.33. The molecule has 1 atom stereocenters. The molecule has 0 bridgehead atoms. The summed E-state index contributed by atoms with van der Waals surface area (Å²) < 4.78 is 43.4. The van der Waals surface area contributed by atoms with Crippen molar-refractivity contribution in [2.75, 3.05) is 0 Å². The third kappa shape index (κ3) is 1.58. The lowest BCUT2D eigenvalue weighted by Crippen LogP contribution is -2.34. The maximum atomic E-state index is 13.2. The highest BCUT2D eigenvalue weighted by molar-refractivity contribution is 8.14. The quantitative estimate of drug-likeness (QED) is 0.396. The summed E-state index contributed by atoms with van der Waals surface area (Å²) in [5, 5.41) is -4.13. The molecular formula is C7H6F3NOS. The van der Waals surface area contributed by atoms with Gasteiger partial charge >= 0.3 is 5.25 Å². The first-order valence-electron chi connectivity index (χ1n) is 3.22. The molecule has 0 aromatic rings. The average Bonchev–Trinajstić information content (AvgIpc) is 2.24. The van der Waals surface area contributed by atoms with Crippen molar-refractivity contribution in [2.45, 2.75) is 11.0 Å². The van der Waals surface area contributed by atoms with Gasteiger partial charge in [0.05, 0.1) is 6.26 Å². The lowest BCUT2D eigenvalue weighted by atomic mass is 10.3. The highest BCUT2D eigenvalue weighted by Gasteiger charge is 2.60. The van der Waals surface area contributed by atoms with E-state index in [0.717, 1.165) is 6.26 Å². The second-order valence-electron chi connectivity index (χ2n) is 2.16. The van der Waals surface area contributed by atoms with E-state index in [2.05, 4.69) is 22.9 Å². The fraction of sp³-hybridized carbons (Fsp3) is 0.286. The van der Waals surface area contributed by atoms with Crippen LogP contribution < -0.4 is 0 Å². The van der Waals surface area contributed by atoms with Gasteiger partial charge in [-0.3, -0.25) is 0 Å². The Bertz CT molecular complexity index is 279. The van der Waals surface area contributed by atoms with Gasteiger partial charge in [0.15, 0.2) is 0 Å². The molecule has 72 valence electrons. The second-order valence-corrected chi connectivity index (χ2v) is 3.22. The predicted octanol–water partition coefficient (Wildman–Crippen LogP) is 2.69. The first kappa shape index (κ1) is 10.2. The van der Waals surface area contributed by atoms with Crippen LogP contribution in [0.15, 0.2) is 30.5 Å². The Morgan fingerprint density at radius 3 is 2.38 bits per heavy atom. The molecule has 0 fully saturated rings. The smallest absolute Gasteiger partial charge is 0.359 e. The van der Waals surface area contributed by atoms with Gasteiger partial charge in [-0.1, -0.05) is 13.2 Å². The average molecular weight is 209 g/mol. The van der Waals surface area contributed by atoms with Gasteiger partial charge in [-0.25, -0.2) is 4.39 Å². The van der Waals surface area contributed by atoms with Crippen LogP contribution in [-0.2, 0) is 4.74 Å². The molecule has 1 heterocycles. The van der Waals surface area contributed by atoms with Gasteiger partial charge in [-0.2, -0.15) is 13.8 Å². The van der Waals surface area contributed by atoms with Crippen molar-refractivity contribution in [3.05, 3.63) is 25.5 Å². The summed E-state index contributed by atoms with van der Waals surface area (Å²) in [5.74, 6) is -3.09. The second kappa shape index (κ2) is 3.10. The van der Waals surface area contributed by atoms with Crippen LogP contribution in [0.2, 0.25) is 0 Å². The molecule has 6 heteroatoms. The van der Waals surface area contributed by atoms with Crippen molar-refractivity contribution < 1.29 is 17.9 Å². The van der Waals surface area contributed by atoms with Crippen molar-refractivity contribution in [1.82, 2.24) is 0 Å². The molecule has 1 unspecified atom stereocenters. The van der Waals surface area contributed by atoms with Crippen molar-refractivity contribution in [2.24, 2.45) is 4.99 Å². The summed E-state index contributed by atoms with van der Waals surface area (Å²) in [4.78, 5) is 3.03. The summed E-state index contributed by atoms with van der Waals surface area (Å²) in [7, 11) is 0.